The Bertz CT molecular complexity index is 960. The highest BCUT2D eigenvalue weighted by Crippen LogP contribution is 2.36. The summed E-state index contributed by atoms with van der Waals surface area (Å²) in [5, 5.41) is 12.2. The molecule has 0 spiro atoms. The monoisotopic (exact) mass is 333 g/mol. The van der Waals surface area contributed by atoms with Crippen LogP contribution in [-0.2, 0) is 0 Å². The number of ketones is 1. The average molecular weight is 333 g/mol. The smallest absolute Gasteiger partial charge is 0.251 e. The third-order valence-corrected chi connectivity index (χ3v) is 4.36. The Balaban J connectivity index is 1.63. The normalized spacial score (nSPS) is 13.2. The fourth-order valence-corrected chi connectivity index (χ4v) is 3.11. The second-order valence-electron chi connectivity index (χ2n) is 5.86. The van der Waals surface area contributed by atoms with Crippen LogP contribution in [0.15, 0.2) is 65.3 Å². The van der Waals surface area contributed by atoms with Gasteiger partial charge in [0.2, 0.25) is 0 Å². The van der Waals surface area contributed by atoms with Crippen molar-refractivity contribution in [3.05, 3.63) is 83.3 Å². The van der Waals surface area contributed by atoms with Crippen LogP contribution >= 0.6 is 0 Å². The van der Waals surface area contributed by atoms with Crippen molar-refractivity contribution in [2.75, 3.05) is 6.61 Å². The van der Waals surface area contributed by atoms with E-state index in [1.807, 2.05) is 18.2 Å². The summed E-state index contributed by atoms with van der Waals surface area (Å²) in [4.78, 5) is 25.1. The SMILES string of the molecule is O=C(NC(CO)c1ccco1)c1ccc2c(c1)C(=O)c1ccccc1-2. The molecule has 2 N–H and O–H groups in total. The molecule has 0 radical (unpaired) electrons. The molecular formula is C20H15NO4. The minimum Gasteiger partial charge on any atom is -0.467 e. The predicted molar refractivity (Wildman–Crippen MR) is 91.3 cm³/mol. The molecule has 5 nitrogen and oxygen atoms in total. The summed E-state index contributed by atoms with van der Waals surface area (Å²) in [6.45, 7) is -0.283. The first kappa shape index (κ1) is 15.4. The summed E-state index contributed by atoms with van der Waals surface area (Å²) < 4.78 is 5.23. The molecular weight excluding hydrogens is 318 g/mol. The molecule has 5 heteroatoms. The first-order valence-corrected chi connectivity index (χ1v) is 7.92. The lowest BCUT2D eigenvalue weighted by Crippen LogP contribution is -2.30. The van der Waals surface area contributed by atoms with Crippen molar-refractivity contribution in [3.63, 3.8) is 0 Å². The van der Waals surface area contributed by atoms with Gasteiger partial charge in [-0.05, 0) is 35.4 Å². The molecule has 1 atom stereocenters. The quantitative estimate of drug-likeness (QED) is 0.602. The molecule has 1 heterocycles. The first-order chi connectivity index (χ1) is 12.2. The van der Waals surface area contributed by atoms with Crippen molar-refractivity contribution in [2.45, 2.75) is 6.04 Å². The predicted octanol–water partition coefficient (Wildman–Crippen LogP) is 2.95. The van der Waals surface area contributed by atoms with Crippen LogP contribution in [0.1, 0.15) is 38.1 Å². The maximum Gasteiger partial charge on any atom is 0.251 e. The van der Waals surface area contributed by atoms with E-state index in [1.165, 1.54) is 6.26 Å². The molecule has 124 valence electrons. The molecule has 1 unspecified atom stereocenters. The highest BCUT2D eigenvalue weighted by molar-refractivity contribution is 6.22. The van der Waals surface area contributed by atoms with Crippen molar-refractivity contribution >= 4 is 11.7 Å². The summed E-state index contributed by atoms with van der Waals surface area (Å²) in [7, 11) is 0. The number of fused-ring (bicyclic) bond motifs is 3. The zero-order valence-corrected chi connectivity index (χ0v) is 13.2. The van der Waals surface area contributed by atoms with Crippen LogP contribution in [0.25, 0.3) is 11.1 Å². The third-order valence-electron chi connectivity index (χ3n) is 4.36. The lowest BCUT2D eigenvalue weighted by Gasteiger charge is -2.14. The van der Waals surface area contributed by atoms with Crippen LogP contribution in [0.5, 0.6) is 0 Å². The Hall–Kier alpha value is -3.18. The van der Waals surface area contributed by atoms with Gasteiger partial charge in [0.25, 0.3) is 5.91 Å². The van der Waals surface area contributed by atoms with Crippen molar-refractivity contribution in [2.24, 2.45) is 0 Å². The van der Waals surface area contributed by atoms with E-state index < -0.39 is 6.04 Å². The molecule has 1 aromatic heterocycles. The number of carbonyl (C=O) groups excluding carboxylic acids is 2. The third kappa shape index (κ3) is 2.55. The molecule has 25 heavy (non-hydrogen) atoms. The Morgan fingerprint density at radius 2 is 1.76 bits per heavy atom. The number of amides is 1. The van der Waals surface area contributed by atoms with Crippen LogP contribution in [0.4, 0.5) is 0 Å². The molecule has 1 aliphatic rings. The van der Waals surface area contributed by atoms with Gasteiger partial charge in [-0.15, -0.1) is 0 Å². The van der Waals surface area contributed by atoms with Gasteiger partial charge >= 0.3 is 0 Å². The number of nitrogens with one attached hydrogen (secondary N) is 1. The summed E-state index contributed by atoms with van der Waals surface area (Å²) in [5.74, 6) is 0.0208. The fourth-order valence-electron chi connectivity index (χ4n) is 3.11. The van der Waals surface area contributed by atoms with Gasteiger partial charge in [0.05, 0.1) is 12.9 Å². The van der Waals surface area contributed by atoms with Gasteiger partial charge in [0, 0.05) is 16.7 Å². The molecule has 0 saturated carbocycles. The molecule has 2 aromatic carbocycles. The zero-order valence-electron chi connectivity index (χ0n) is 13.2. The summed E-state index contributed by atoms with van der Waals surface area (Å²) >= 11 is 0. The topological polar surface area (TPSA) is 79.5 Å². The van der Waals surface area contributed by atoms with Crippen molar-refractivity contribution < 1.29 is 19.1 Å². The van der Waals surface area contributed by atoms with Crippen molar-refractivity contribution in [1.82, 2.24) is 5.32 Å². The van der Waals surface area contributed by atoms with E-state index in [4.69, 9.17) is 4.42 Å². The highest BCUT2D eigenvalue weighted by atomic mass is 16.3. The maximum absolute atomic E-state index is 12.5. The summed E-state index contributed by atoms with van der Waals surface area (Å²) in [6, 6.07) is 15.2. The number of hydrogen-bond donors (Lipinski definition) is 2. The van der Waals surface area contributed by atoms with Gasteiger partial charge in [-0.2, -0.15) is 0 Å². The van der Waals surface area contributed by atoms with Gasteiger partial charge in [-0.25, -0.2) is 0 Å². The minimum absolute atomic E-state index is 0.0787. The van der Waals surface area contributed by atoms with Crippen LogP contribution < -0.4 is 5.32 Å². The highest BCUT2D eigenvalue weighted by Gasteiger charge is 2.27. The van der Waals surface area contributed by atoms with Crippen LogP contribution in [0.3, 0.4) is 0 Å². The van der Waals surface area contributed by atoms with E-state index in [0.717, 1.165) is 11.1 Å². The van der Waals surface area contributed by atoms with Gasteiger partial charge in [0.1, 0.15) is 11.8 Å². The number of carbonyl (C=O) groups is 2. The zero-order chi connectivity index (χ0) is 17.4. The second-order valence-corrected chi connectivity index (χ2v) is 5.86. The number of furan rings is 1. The maximum atomic E-state index is 12.5. The van der Waals surface area contributed by atoms with Crippen LogP contribution in [0.2, 0.25) is 0 Å². The fraction of sp³-hybridized carbons (Fsp3) is 0.100. The van der Waals surface area contributed by atoms with E-state index in [1.54, 1.807) is 36.4 Å². The Morgan fingerprint density at radius 3 is 2.48 bits per heavy atom. The number of hydrogen-bond acceptors (Lipinski definition) is 4. The van der Waals surface area contributed by atoms with Gasteiger partial charge in [-0.3, -0.25) is 9.59 Å². The molecule has 1 amide bonds. The second kappa shape index (κ2) is 6.03. The van der Waals surface area contributed by atoms with E-state index in [-0.39, 0.29) is 18.3 Å². The Labute approximate surface area is 143 Å². The minimum atomic E-state index is -0.636. The lowest BCUT2D eigenvalue weighted by molar-refractivity contribution is 0.0907. The Morgan fingerprint density at radius 1 is 1.00 bits per heavy atom. The van der Waals surface area contributed by atoms with E-state index >= 15 is 0 Å². The largest absolute Gasteiger partial charge is 0.467 e. The number of benzene rings is 2. The average Bonchev–Trinajstić information content (AvgIpc) is 3.27. The van der Waals surface area contributed by atoms with E-state index in [9.17, 15) is 14.7 Å². The molecule has 0 saturated heterocycles. The number of rotatable bonds is 4. The van der Waals surface area contributed by atoms with Gasteiger partial charge in [-0.1, -0.05) is 30.3 Å². The molecule has 0 aliphatic heterocycles. The number of aliphatic hydroxyl groups excluding tert-OH is 1. The molecule has 0 fully saturated rings. The molecule has 0 bridgehead atoms. The first-order valence-electron chi connectivity index (χ1n) is 7.92. The molecule has 4 rings (SSSR count). The van der Waals surface area contributed by atoms with Gasteiger partial charge < -0.3 is 14.8 Å². The van der Waals surface area contributed by atoms with E-state index in [2.05, 4.69) is 5.32 Å². The van der Waals surface area contributed by atoms with Crippen LogP contribution in [-0.4, -0.2) is 23.4 Å². The standard InChI is InChI=1S/C20H15NO4/c22-11-17(18-6-3-9-25-18)21-20(24)12-7-8-14-13-4-1-2-5-15(13)19(23)16(14)10-12/h1-10,17,22H,11H2,(H,21,24). The molecule has 1 aliphatic carbocycles. The van der Waals surface area contributed by atoms with E-state index in [0.29, 0.717) is 22.5 Å². The summed E-state index contributed by atoms with van der Waals surface area (Å²) in [6.07, 6.45) is 1.48. The van der Waals surface area contributed by atoms with Crippen molar-refractivity contribution in [3.8, 4) is 11.1 Å². The van der Waals surface area contributed by atoms with Gasteiger partial charge in [0.15, 0.2) is 5.78 Å². The van der Waals surface area contributed by atoms with Crippen molar-refractivity contribution in [1.29, 1.82) is 0 Å². The lowest BCUT2D eigenvalue weighted by atomic mass is 10.0. The van der Waals surface area contributed by atoms with Crippen LogP contribution in [0, 0.1) is 0 Å². The Kier molecular flexibility index (Phi) is 3.71. The summed E-state index contributed by atoms with van der Waals surface area (Å²) in [5.41, 5.74) is 3.26. The number of aliphatic hydroxyl groups is 1. The molecule has 3 aromatic rings.